The zero-order valence-electron chi connectivity index (χ0n) is 7.37. The summed E-state index contributed by atoms with van der Waals surface area (Å²) in [5.74, 6) is -0.193. The third-order valence-corrected chi connectivity index (χ3v) is 2.48. The maximum absolute atomic E-state index is 13.0. The summed E-state index contributed by atoms with van der Waals surface area (Å²) in [5.41, 5.74) is 1.05. The van der Waals surface area contributed by atoms with Gasteiger partial charge in [-0.3, -0.25) is 0 Å². The van der Waals surface area contributed by atoms with Gasteiger partial charge in [0.05, 0.1) is 0 Å². The summed E-state index contributed by atoms with van der Waals surface area (Å²) in [4.78, 5) is 0. The molecule has 3 heteroatoms. The molecule has 0 aliphatic heterocycles. The van der Waals surface area contributed by atoms with Crippen LogP contribution >= 0.6 is 11.3 Å². The Kier molecular flexibility index (Phi) is 2.79. The fourth-order valence-electron chi connectivity index (χ4n) is 1.05. The molecule has 1 nitrogen and oxygen atoms in total. The Morgan fingerprint density at radius 1 is 1.43 bits per heavy atom. The first-order valence-electron chi connectivity index (χ1n) is 4.16. The molecule has 71 valence electrons. The molecular weight excluding hydrogens is 199 g/mol. The molecular formula is C11H8FOS. The lowest BCUT2D eigenvalue weighted by Crippen LogP contribution is -1.95. The second-order valence-corrected chi connectivity index (χ2v) is 3.55. The Morgan fingerprint density at radius 2 is 2.36 bits per heavy atom. The number of halogens is 1. The minimum Gasteiger partial charge on any atom is -0.486 e. The maximum Gasteiger partial charge on any atom is 0.172 e. The van der Waals surface area contributed by atoms with Crippen molar-refractivity contribution in [3.05, 3.63) is 52.5 Å². The first kappa shape index (κ1) is 9.21. The molecule has 0 bridgehead atoms. The molecule has 14 heavy (non-hydrogen) atoms. The highest BCUT2D eigenvalue weighted by Crippen LogP contribution is 2.17. The van der Waals surface area contributed by atoms with Crippen molar-refractivity contribution in [3.63, 3.8) is 0 Å². The van der Waals surface area contributed by atoms with Gasteiger partial charge in [-0.05, 0) is 28.5 Å². The molecule has 1 radical (unpaired) electrons. The van der Waals surface area contributed by atoms with E-state index in [1.807, 2.05) is 16.8 Å². The van der Waals surface area contributed by atoms with Gasteiger partial charge in [-0.1, -0.05) is 12.1 Å². The number of benzene rings is 1. The van der Waals surface area contributed by atoms with Crippen LogP contribution in [0.15, 0.2) is 35.0 Å². The van der Waals surface area contributed by atoms with Crippen molar-refractivity contribution in [2.45, 2.75) is 6.61 Å². The lowest BCUT2D eigenvalue weighted by molar-refractivity contribution is 0.290. The number of hydrogen-bond acceptors (Lipinski definition) is 2. The standard InChI is InChI=1S/C11H8FOS/c12-10-3-1-2-4-11(10)13-7-9-5-6-14-8-9/h1-2,4-6,8H,7H2. The topological polar surface area (TPSA) is 9.23 Å². The molecule has 0 saturated heterocycles. The molecule has 0 saturated carbocycles. The zero-order valence-corrected chi connectivity index (χ0v) is 8.18. The molecule has 2 aromatic rings. The van der Waals surface area contributed by atoms with E-state index in [1.165, 1.54) is 6.07 Å². The van der Waals surface area contributed by atoms with Crippen LogP contribution in [0, 0.1) is 11.9 Å². The fraction of sp³-hybridized carbons (Fsp3) is 0.0909. The smallest absolute Gasteiger partial charge is 0.172 e. The molecule has 0 amide bonds. The van der Waals surface area contributed by atoms with E-state index in [4.69, 9.17) is 4.74 Å². The molecule has 0 unspecified atom stereocenters. The molecule has 1 aromatic carbocycles. The molecule has 0 fully saturated rings. The van der Waals surface area contributed by atoms with E-state index in [9.17, 15) is 4.39 Å². The summed E-state index contributed by atoms with van der Waals surface area (Å²) in [6.45, 7) is 0.401. The minimum atomic E-state index is -0.442. The summed E-state index contributed by atoms with van der Waals surface area (Å²) < 4.78 is 18.3. The summed E-state index contributed by atoms with van der Waals surface area (Å²) in [6, 6.07) is 9.21. The maximum atomic E-state index is 13.0. The zero-order chi connectivity index (χ0) is 9.80. The highest BCUT2D eigenvalue weighted by Gasteiger charge is 2.01. The first-order chi connectivity index (χ1) is 6.86. The van der Waals surface area contributed by atoms with Gasteiger partial charge >= 0.3 is 0 Å². The number of ether oxygens (including phenoxy) is 1. The Hall–Kier alpha value is -1.35. The molecule has 0 aliphatic rings. The largest absolute Gasteiger partial charge is 0.486 e. The monoisotopic (exact) mass is 207 g/mol. The van der Waals surface area contributed by atoms with Gasteiger partial charge in [-0.25, -0.2) is 4.39 Å². The third-order valence-electron chi connectivity index (χ3n) is 1.74. The van der Waals surface area contributed by atoms with E-state index in [2.05, 4.69) is 6.07 Å². The van der Waals surface area contributed by atoms with E-state index >= 15 is 0 Å². The van der Waals surface area contributed by atoms with Gasteiger partial charge < -0.3 is 4.74 Å². The van der Waals surface area contributed by atoms with Crippen LogP contribution in [0.25, 0.3) is 0 Å². The first-order valence-corrected chi connectivity index (χ1v) is 5.10. The average Bonchev–Trinajstić information content (AvgIpc) is 2.69. The molecule has 0 aliphatic carbocycles. The highest BCUT2D eigenvalue weighted by atomic mass is 32.1. The van der Waals surface area contributed by atoms with Gasteiger partial charge in [0, 0.05) is 6.07 Å². The van der Waals surface area contributed by atoms with E-state index in [0.717, 1.165) is 5.56 Å². The Bertz CT molecular complexity index is 397. The Labute approximate surface area is 85.8 Å². The van der Waals surface area contributed by atoms with E-state index in [-0.39, 0.29) is 5.75 Å². The molecule has 1 aromatic heterocycles. The molecule has 1 heterocycles. The lowest BCUT2D eigenvalue weighted by atomic mass is 10.3. The fourth-order valence-corrected chi connectivity index (χ4v) is 1.70. The van der Waals surface area contributed by atoms with E-state index < -0.39 is 5.82 Å². The summed E-state index contributed by atoms with van der Waals surface area (Å²) in [7, 11) is 0. The summed E-state index contributed by atoms with van der Waals surface area (Å²) >= 11 is 1.60. The van der Waals surface area contributed by atoms with Gasteiger partial charge in [0.1, 0.15) is 6.61 Å². The number of thiophene rings is 1. The Balaban J connectivity index is 2.02. The normalized spacial score (nSPS) is 10.1. The minimum absolute atomic E-state index is 0.249. The quantitative estimate of drug-likeness (QED) is 0.750. The van der Waals surface area contributed by atoms with Crippen molar-refractivity contribution in [1.29, 1.82) is 0 Å². The van der Waals surface area contributed by atoms with Crippen molar-refractivity contribution >= 4 is 11.3 Å². The third kappa shape index (κ3) is 2.12. The number of rotatable bonds is 3. The van der Waals surface area contributed by atoms with E-state index in [0.29, 0.717) is 6.61 Å². The van der Waals surface area contributed by atoms with Crippen molar-refractivity contribution < 1.29 is 9.13 Å². The van der Waals surface area contributed by atoms with Crippen LogP contribution in [0.3, 0.4) is 0 Å². The van der Waals surface area contributed by atoms with Crippen LogP contribution in [-0.2, 0) is 6.61 Å². The lowest BCUT2D eigenvalue weighted by Gasteiger charge is -2.04. The van der Waals surface area contributed by atoms with Crippen LogP contribution in [0.5, 0.6) is 5.75 Å². The second-order valence-electron chi connectivity index (χ2n) is 2.77. The van der Waals surface area contributed by atoms with Crippen LogP contribution in [-0.4, -0.2) is 0 Å². The van der Waals surface area contributed by atoms with Gasteiger partial charge in [-0.15, -0.1) is 0 Å². The summed E-state index contributed by atoms with van der Waals surface area (Å²) in [6.07, 6.45) is 0. The van der Waals surface area contributed by atoms with Crippen LogP contribution < -0.4 is 4.74 Å². The predicted molar refractivity (Wildman–Crippen MR) is 53.9 cm³/mol. The van der Waals surface area contributed by atoms with Gasteiger partial charge in [-0.2, -0.15) is 11.3 Å². The highest BCUT2D eigenvalue weighted by molar-refractivity contribution is 7.07. The molecule has 0 atom stereocenters. The molecule has 0 spiro atoms. The number of hydrogen-bond donors (Lipinski definition) is 0. The molecule has 0 N–H and O–H groups in total. The summed E-state index contributed by atoms with van der Waals surface area (Å²) in [5, 5.41) is 3.94. The van der Waals surface area contributed by atoms with Gasteiger partial charge in [0.15, 0.2) is 11.6 Å². The Morgan fingerprint density at radius 3 is 3.07 bits per heavy atom. The van der Waals surface area contributed by atoms with E-state index in [1.54, 1.807) is 23.5 Å². The second kappa shape index (κ2) is 4.24. The van der Waals surface area contributed by atoms with Crippen LogP contribution in [0.4, 0.5) is 4.39 Å². The van der Waals surface area contributed by atoms with Crippen molar-refractivity contribution in [2.24, 2.45) is 0 Å². The average molecular weight is 207 g/mol. The van der Waals surface area contributed by atoms with Crippen molar-refractivity contribution in [1.82, 2.24) is 0 Å². The van der Waals surface area contributed by atoms with Crippen molar-refractivity contribution in [3.8, 4) is 5.75 Å². The van der Waals surface area contributed by atoms with Crippen LogP contribution in [0.1, 0.15) is 5.56 Å². The molecule has 2 rings (SSSR count). The van der Waals surface area contributed by atoms with Crippen molar-refractivity contribution in [2.75, 3.05) is 0 Å². The van der Waals surface area contributed by atoms with Gasteiger partial charge in [0.25, 0.3) is 0 Å². The van der Waals surface area contributed by atoms with Gasteiger partial charge in [0.2, 0.25) is 0 Å². The predicted octanol–water partition coefficient (Wildman–Crippen LogP) is 3.27. The van der Waals surface area contributed by atoms with Crippen LogP contribution in [0.2, 0.25) is 0 Å². The SMILES string of the molecule is Fc1[c]cccc1OCc1ccsc1.